The van der Waals surface area contributed by atoms with Gasteiger partial charge in [0.2, 0.25) is 5.91 Å². The molecule has 0 radical (unpaired) electrons. The van der Waals surface area contributed by atoms with E-state index >= 15 is 0 Å². The van der Waals surface area contributed by atoms with Gasteiger partial charge in [0.1, 0.15) is 0 Å². The van der Waals surface area contributed by atoms with Crippen molar-refractivity contribution in [1.29, 1.82) is 0 Å². The van der Waals surface area contributed by atoms with Crippen molar-refractivity contribution in [2.75, 3.05) is 19.6 Å². The van der Waals surface area contributed by atoms with E-state index in [4.69, 9.17) is 0 Å². The molecule has 0 atom stereocenters. The highest BCUT2D eigenvalue weighted by Gasteiger charge is 2.38. The van der Waals surface area contributed by atoms with Crippen molar-refractivity contribution >= 4 is 39.6 Å². The molecular formula is C17H17BrF3N3O4. The van der Waals surface area contributed by atoms with Gasteiger partial charge in [-0.3, -0.25) is 24.1 Å². The van der Waals surface area contributed by atoms with Crippen molar-refractivity contribution in [2.45, 2.75) is 25.4 Å². The molecule has 0 bridgehead atoms. The molecule has 0 unspecified atom stereocenters. The van der Waals surface area contributed by atoms with Crippen LogP contribution in [0.4, 0.5) is 13.2 Å². The van der Waals surface area contributed by atoms with E-state index < -0.39 is 23.9 Å². The van der Waals surface area contributed by atoms with Crippen LogP contribution in [0.15, 0.2) is 22.7 Å². The Kier molecular flexibility index (Phi) is 7.17. The summed E-state index contributed by atoms with van der Waals surface area (Å²) in [6, 6.07) is 4.79. The lowest BCUT2D eigenvalue weighted by Gasteiger charge is -2.13. The maximum absolute atomic E-state index is 12.3. The van der Waals surface area contributed by atoms with E-state index in [0.717, 1.165) is 4.90 Å². The first-order valence-electron chi connectivity index (χ1n) is 8.38. The van der Waals surface area contributed by atoms with Crippen molar-refractivity contribution in [3.8, 4) is 0 Å². The van der Waals surface area contributed by atoms with E-state index in [1.54, 1.807) is 23.5 Å². The predicted molar refractivity (Wildman–Crippen MR) is 95.4 cm³/mol. The van der Waals surface area contributed by atoms with Crippen molar-refractivity contribution in [3.63, 3.8) is 0 Å². The fourth-order valence-corrected chi connectivity index (χ4v) is 2.93. The summed E-state index contributed by atoms with van der Waals surface area (Å²) in [6.07, 6.45) is -4.49. The zero-order valence-corrected chi connectivity index (χ0v) is 16.2. The molecule has 28 heavy (non-hydrogen) atoms. The number of benzene rings is 1. The number of imide groups is 1. The molecule has 1 aliphatic rings. The molecule has 1 heterocycles. The van der Waals surface area contributed by atoms with Crippen LogP contribution in [0.2, 0.25) is 0 Å². The van der Waals surface area contributed by atoms with Crippen LogP contribution in [0.25, 0.3) is 0 Å². The third-order valence-electron chi connectivity index (χ3n) is 3.94. The Morgan fingerprint density at radius 3 is 2.32 bits per heavy atom. The maximum Gasteiger partial charge on any atom is 0.471 e. The van der Waals surface area contributed by atoms with Gasteiger partial charge in [0, 0.05) is 30.5 Å². The number of fused-ring (bicyclic) bond motifs is 1. The summed E-state index contributed by atoms with van der Waals surface area (Å²) in [5.74, 6) is -3.20. The van der Waals surface area contributed by atoms with Crippen molar-refractivity contribution in [2.24, 2.45) is 0 Å². The Labute approximate surface area is 166 Å². The topological polar surface area (TPSA) is 95.6 Å². The van der Waals surface area contributed by atoms with Crippen LogP contribution >= 0.6 is 15.9 Å². The third kappa shape index (κ3) is 5.54. The Hall–Kier alpha value is -2.43. The molecule has 11 heteroatoms. The van der Waals surface area contributed by atoms with Crippen molar-refractivity contribution in [1.82, 2.24) is 15.5 Å². The van der Waals surface area contributed by atoms with E-state index in [1.807, 2.05) is 0 Å². The number of hydrogen-bond acceptors (Lipinski definition) is 4. The molecule has 0 aliphatic carbocycles. The first-order valence-corrected chi connectivity index (χ1v) is 9.18. The lowest BCUT2D eigenvalue weighted by atomic mass is 10.1. The molecule has 1 aliphatic heterocycles. The summed E-state index contributed by atoms with van der Waals surface area (Å²) in [4.78, 5) is 47.9. The number of hydrogen-bond donors (Lipinski definition) is 2. The molecule has 0 aromatic heterocycles. The van der Waals surface area contributed by atoms with Gasteiger partial charge in [-0.2, -0.15) is 13.2 Å². The number of nitrogens with one attached hydrogen (secondary N) is 2. The monoisotopic (exact) mass is 463 g/mol. The van der Waals surface area contributed by atoms with Gasteiger partial charge in [-0.05, 0) is 31.0 Å². The Morgan fingerprint density at radius 1 is 1.00 bits per heavy atom. The summed E-state index contributed by atoms with van der Waals surface area (Å²) in [5, 5.41) is 4.20. The summed E-state index contributed by atoms with van der Waals surface area (Å²) in [7, 11) is 0. The number of nitrogens with zero attached hydrogens (tertiary/aromatic N) is 1. The highest BCUT2D eigenvalue weighted by Crippen LogP contribution is 2.26. The highest BCUT2D eigenvalue weighted by molar-refractivity contribution is 9.10. The van der Waals surface area contributed by atoms with Crippen LogP contribution in [0.5, 0.6) is 0 Å². The molecule has 7 nitrogen and oxygen atoms in total. The van der Waals surface area contributed by atoms with Gasteiger partial charge in [0.25, 0.3) is 11.8 Å². The van der Waals surface area contributed by atoms with Crippen molar-refractivity contribution in [3.05, 3.63) is 33.8 Å². The van der Waals surface area contributed by atoms with Crippen molar-refractivity contribution < 1.29 is 32.3 Å². The highest BCUT2D eigenvalue weighted by atomic mass is 79.9. The number of carbonyl (C=O) groups excluding carboxylic acids is 4. The Balaban J connectivity index is 1.66. The van der Waals surface area contributed by atoms with Crippen LogP contribution in [0, 0.1) is 0 Å². The normalized spacial score (nSPS) is 13.5. The molecule has 1 aromatic carbocycles. The van der Waals surface area contributed by atoms with Crippen LogP contribution in [-0.2, 0) is 9.59 Å². The van der Waals surface area contributed by atoms with Gasteiger partial charge in [-0.25, -0.2) is 0 Å². The molecule has 0 saturated heterocycles. The predicted octanol–water partition coefficient (Wildman–Crippen LogP) is 2.01. The number of halogens is 4. The zero-order valence-electron chi connectivity index (χ0n) is 14.6. The average molecular weight is 464 g/mol. The molecule has 2 rings (SSSR count). The second kappa shape index (κ2) is 9.18. The second-order valence-electron chi connectivity index (χ2n) is 6.01. The second-order valence-corrected chi connectivity index (χ2v) is 6.93. The van der Waals surface area contributed by atoms with Gasteiger partial charge >= 0.3 is 12.1 Å². The molecular weight excluding hydrogens is 447 g/mol. The van der Waals surface area contributed by atoms with Gasteiger partial charge in [-0.1, -0.05) is 15.9 Å². The minimum absolute atomic E-state index is 0.0476. The summed E-state index contributed by atoms with van der Waals surface area (Å²) >= 11 is 3.24. The van der Waals surface area contributed by atoms with Gasteiger partial charge in [-0.15, -0.1) is 0 Å². The first-order chi connectivity index (χ1) is 13.1. The molecule has 1 aromatic rings. The quantitative estimate of drug-likeness (QED) is 0.455. The third-order valence-corrected chi connectivity index (χ3v) is 4.43. The SMILES string of the molecule is O=C(CCCN1C(=O)c2ccc(Br)cc2C1=O)NCCCNC(=O)C(F)(F)F. The van der Waals surface area contributed by atoms with Crippen LogP contribution in [0.3, 0.4) is 0 Å². The maximum atomic E-state index is 12.3. The summed E-state index contributed by atoms with van der Waals surface area (Å²) in [6.45, 7) is -0.0414. The van der Waals surface area contributed by atoms with Crippen LogP contribution in [0.1, 0.15) is 40.0 Å². The number of alkyl halides is 3. The molecule has 0 saturated carbocycles. The van der Waals surface area contributed by atoms with E-state index in [2.05, 4.69) is 21.2 Å². The van der Waals surface area contributed by atoms with Gasteiger partial charge in [0.15, 0.2) is 0 Å². The lowest BCUT2D eigenvalue weighted by molar-refractivity contribution is -0.173. The van der Waals surface area contributed by atoms with Gasteiger partial charge in [0.05, 0.1) is 11.1 Å². The molecule has 152 valence electrons. The smallest absolute Gasteiger partial charge is 0.356 e. The number of rotatable bonds is 8. The lowest BCUT2D eigenvalue weighted by Crippen LogP contribution is -2.38. The number of carbonyl (C=O) groups is 4. The standard InChI is InChI=1S/C17H17BrF3N3O4/c18-10-4-5-11-12(9-10)15(27)24(14(11)26)8-1-3-13(25)22-6-2-7-23-16(28)17(19,20)21/h4-5,9H,1-3,6-8H2,(H,22,25)(H,23,28). The molecule has 4 amide bonds. The van der Waals surface area contributed by atoms with E-state index in [9.17, 15) is 32.3 Å². The molecule has 0 fully saturated rings. The number of amides is 4. The van der Waals surface area contributed by atoms with E-state index in [0.29, 0.717) is 15.6 Å². The Bertz CT molecular complexity index is 798. The largest absolute Gasteiger partial charge is 0.471 e. The van der Waals surface area contributed by atoms with E-state index in [-0.39, 0.29) is 44.8 Å². The first kappa shape index (κ1) is 21.9. The Morgan fingerprint density at radius 2 is 1.64 bits per heavy atom. The summed E-state index contributed by atoms with van der Waals surface area (Å²) < 4.78 is 36.6. The minimum Gasteiger partial charge on any atom is -0.356 e. The van der Waals surface area contributed by atoms with Gasteiger partial charge < -0.3 is 10.6 Å². The molecule has 0 spiro atoms. The summed E-state index contributed by atoms with van der Waals surface area (Å²) in [5.41, 5.74) is 0.628. The minimum atomic E-state index is -4.93. The zero-order chi connectivity index (χ0) is 20.9. The molecule has 2 N–H and O–H groups in total. The van der Waals surface area contributed by atoms with E-state index in [1.165, 1.54) is 0 Å². The fourth-order valence-electron chi connectivity index (χ4n) is 2.57. The average Bonchev–Trinajstić information content (AvgIpc) is 2.84. The van der Waals surface area contributed by atoms with Crippen LogP contribution in [-0.4, -0.2) is 54.3 Å². The fraction of sp³-hybridized carbons (Fsp3) is 0.412. The van der Waals surface area contributed by atoms with Crippen LogP contribution < -0.4 is 10.6 Å².